The smallest absolute Gasteiger partial charge is 0.339 e. The number of carbonyl (C=O) groups is 3. The van der Waals surface area contributed by atoms with Crippen LogP contribution >= 0.6 is 0 Å². The zero-order chi connectivity index (χ0) is 22.1. The molecule has 0 heterocycles. The first-order valence-corrected chi connectivity index (χ1v) is 10.0. The van der Waals surface area contributed by atoms with Gasteiger partial charge in [0.1, 0.15) is 0 Å². The number of esters is 1. The fourth-order valence-corrected chi connectivity index (χ4v) is 3.04. The largest absolute Gasteiger partial charge is 0.449 e. The van der Waals surface area contributed by atoms with E-state index in [1.54, 1.807) is 36.4 Å². The Balaban J connectivity index is 1.56. The van der Waals surface area contributed by atoms with E-state index in [1.807, 2.05) is 48.5 Å². The molecule has 0 saturated heterocycles. The molecule has 3 aromatic rings. The van der Waals surface area contributed by atoms with Crippen molar-refractivity contribution in [1.82, 2.24) is 5.32 Å². The van der Waals surface area contributed by atoms with Crippen molar-refractivity contribution in [2.75, 3.05) is 5.32 Å². The minimum Gasteiger partial charge on any atom is -0.449 e. The van der Waals surface area contributed by atoms with Gasteiger partial charge in [-0.05, 0) is 49.1 Å². The number of benzene rings is 3. The summed E-state index contributed by atoms with van der Waals surface area (Å²) in [6.07, 6.45) is 0.312. The van der Waals surface area contributed by atoms with Crippen LogP contribution in [0.5, 0.6) is 0 Å². The van der Waals surface area contributed by atoms with Gasteiger partial charge in [-0.25, -0.2) is 9.59 Å². The van der Waals surface area contributed by atoms with E-state index in [2.05, 4.69) is 10.6 Å². The SMILES string of the molecule is CC(OC(=O)c1ccccc1CCc1ccccc1)C(=O)NC(=O)Nc1ccccc1. The zero-order valence-electron chi connectivity index (χ0n) is 17.2. The predicted octanol–water partition coefficient (Wildman–Crippen LogP) is 4.37. The molecular formula is C25H24N2O4. The summed E-state index contributed by atoms with van der Waals surface area (Å²) in [5, 5.41) is 4.72. The van der Waals surface area contributed by atoms with Gasteiger partial charge in [-0.15, -0.1) is 0 Å². The van der Waals surface area contributed by atoms with E-state index >= 15 is 0 Å². The van der Waals surface area contributed by atoms with E-state index in [0.717, 1.165) is 12.0 Å². The number of urea groups is 1. The molecule has 31 heavy (non-hydrogen) atoms. The Labute approximate surface area is 181 Å². The number of amides is 3. The standard InChI is InChI=1S/C25H24N2O4/c1-18(23(28)27-25(30)26-21-13-6-3-7-14-21)31-24(29)22-15-9-8-12-20(22)17-16-19-10-4-2-5-11-19/h2-15,18H,16-17H2,1H3,(H2,26,27,28,30). The average Bonchev–Trinajstić information content (AvgIpc) is 2.79. The molecule has 2 N–H and O–H groups in total. The fourth-order valence-electron chi connectivity index (χ4n) is 3.04. The van der Waals surface area contributed by atoms with E-state index in [9.17, 15) is 14.4 Å². The van der Waals surface area contributed by atoms with Crippen molar-refractivity contribution in [3.05, 3.63) is 102 Å². The van der Waals surface area contributed by atoms with Crippen LogP contribution in [0.25, 0.3) is 0 Å². The second-order valence-corrected chi connectivity index (χ2v) is 7.00. The summed E-state index contributed by atoms with van der Waals surface area (Å²) in [6.45, 7) is 1.43. The molecule has 158 valence electrons. The van der Waals surface area contributed by atoms with E-state index in [-0.39, 0.29) is 0 Å². The van der Waals surface area contributed by atoms with E-state index < -0.39 is 24.0 Å². The molecule has 6 heteroatoms. The molecule has 3 aromatic carbocycles. The molecule has 0 aliphatic carbocycles. The first-order chi connectivity index (χ1) is 15.0. The number of hydrogen-bond acceptors (Lipinski definition) is 4. The lowest BCUT2D eigenvalue weighted by atomic mass is 10.00. The van der Waals surface area contributed by atoms with Crippen molar-refractivity contribution in [2.24, 2.45) is 0 Å². The quantitative estimate of drug-likeness (QED) is 0.561. The summed E-state index contributed by atoms with van der Waals surface area (Å²) in [5.41, 5.74) is 2.96. The summed E-state index contributed by atoms with van der Waals surface area (Å²) in [4.78, 5) is 36.9. The van der Waals surface area contributed by atoms with Crippen molar-refractivity contribution in [1.29, 1.82) is 0 Å². The van der Waals surface area contributed by atoms with Gasteiger partial charge in [0.25, 0.3) is 5.91 Å². The van der Waals surface area contributed by atoms with Gasteiger partial charge < -0.3 is 10.1 Å². The lowest BCUT2D eigenvalue weighted by molar-refractivity contribution is -0.127. The summed E-state index contributed by atoms with van der Waals surface area (Å²) < 4.78 is 5.31. The molecule has 0 saturated carbocycles. The second-order valence-electron chi connectivity index (χ2n) is 7.00. The Morgan fingerprint density at radius 3 is 2.13 bits per heavy atom. The molecule has 3 rings (SSSR count). The van der Waals surface area contributed by atoms with Crippen LogP contribution in [-0.4, -0.2) is 24.0 Å². The highest BCUT2D eigenvalue weighted by Gasteiger charge is 2.22. The van der Waals surface area contributed by atoms with E-state index in [4.69, 9.17) is 4.74 Å². The highest BCUT2D eigenvalue weighted by molar-refractivity contribution is 6.03. The Hall–Kier alpha value is -3.93. The number of aryl methyl sites for hydroxylation is 2. The highest BCUT2D eigenvalue weighted by atomic mass is 16.5. The van der Waals surface area contributed by atoms with E-state index in [1.165, 1.54) is 12.5 Å². The summed E-state index contributed by atoms with van der Waals surface area (Å²) in [6, 6.07) is 25.2. The maximum atomic E-state index is 12.7. The molecule has 0 spiro atoms. The zero-order valence-corrected chi connectivity index (χ0v) is 17.2. The van der Waals surface area contributed by atoms with Gasteiger partial charge in [0.15, 0.2) is 6.10 Å². The number of imide groups is 1. The summed E-state index contributed by atoms with van der Waals surface area (Å²) >= 11 is 0. The van der Waals surface area contributed by atoms with Crippen LogP contribution in [0.2, 0.25) is 0 Å². The molecule has 1 atom stereocenters. The van der Waals surface area contributed by atoms with Crippen molar-refractivity contribution < 1.29 is 19.1 Å². The third-order valence-corrected chi connectivity index (χ3v) is 4.68. The van der Waals surface area contributed by atoms with Gasteiger partial charge in [-0.1, -0.05) is 66.7 Å². The van der Waals surface area contributed by atoms with Crippen LogP contribution in [-0.2, 0) is 22.4 Å². The van der Waals surface area contributed by atoms with Crippen molar-refractivity contribution in [2.45, 2.75) is 25.9 Å². The lowest BCUT2D eigenvalue weighted by Gasteiger charge is -2.15. The minimum absolute atomic E-state index is 0.409. The van der Waals surface area contributed by atoms with Crippen molar-refractivity contribution >= 4 is 23.6 Å². The average molecular weight is 416 g/mol. The molecule has 0 aromatic heterocycles. The highest BCUT2D eigenvalue weighted by Crippen LogP contribution is 2.15. The van der Waals surface area contributed by atoms with Gasteiger partial charge >= 0.3 is 12.0 Å². The number of para-hydroxylation sites is 1. The number of carbonyl (C=O) groups excluding carboxylic acids is 3. The monoisotopic (exact) mass is 416 g/mol. The Kier molecular flexibility index (Phi) is 7.54. The maximum absolute atomic E-state index is 12.7. The third-order valence-electron chi connectivity index (χ3n) is 4.68. The molecule has 0 radical (unpaired) electrons. The van der Waals surface area contributed by atoms with Crippen molar-refractivity contribution in [3.63, 3.8) is 0 Å². The Morgan fingerprint density at radius 2 is 1.42 bits per heavy atom. The second kappa shape index (κ2) is 10.7. The normalized spacial score (nSPS) is 11.3. The molecule has 3 amide bonds. The van der Waals surface area contributed by atoms with E-state index in [0.29, 0.717) is 17.7 Å². The number of anilines is 1. The number of nitrogens with one attached hydrogen (secondary N) is 2. The topological polar surface area (TPSA) is 84.5 Å². The number of hydrogen-bond donors (Lipinski definition) is 2. The molecule has 0 aliphatic rings. The molecule has 6 nitrogen and oxygen atoms in total. The third kappa shape index (κ3) is 6.54. The molecule has 0 fully saturated rings. The van der Waals surface area contributed by atoms with Gasteiger partial charge in [0.2, 0.25) is 0 Å². The Bertz CT molecular complexity index is 1040. The molecule has 0 bridgehead atoms. The van der Waals surface area contributed by atoms with Gasteiger partial charge in [-0.2, -0.15) is 0 Å². The van der Waals surface area contributed by atoms with Crippen LogP contribution in [0.1, 0.15) is 28.4 Å². The molecular weight excluding hydrogens is 392 g/mol. The van der Waals surface area contributed by atoms with Gasteiger partial charge in [-0.3, -0.25) is 10.1 Å². The maximum Gasteiger partial charge on any atom is 0.339 e. The first-order valence-electron chi connectivity index (χ1n) is 10.0. The van der Waals surface area contributed by atoms with Gasteiger partial charge in [0, 0.05) is 5.69 Å². The fraction of sp³-hybridized carbons (Fsp3) is 0.160. The van der Waals surface area contributed by atoms with Crippen LogP contribution in [0.3, 0.4) is 0 Å². The molecule has 0 aliphatic heterocycles. The Morgan fingerprint density at radius 1 is 0.806 bits per heavy atom. The summed E-state index contributed by atoms with van der Waals surface area (Å²) in [7, 11) is 0. The number of ether oxygens (including phenoxy) is 1. The first kappa shape index (κ1) is 21.8. The minimum atomic E-state index is -1.13. The van der Waals surface area contributed by atoms with Gasteiger partial charge in [0.05, 0.1) is 5.56 Å². The lowest BCUT2D eigenvalue weighted by Crippen LogP contribution is -2.41. The molecule has 1 unspecified atom stereocenters. The van der Waals surface area contributed by atoms with Crippen LogP contribution in [0.4, 0.5) is 10.5 Å². The summed E-state index contributed by atoms with van der Waals surface area (Å²) in [5.74, 6) is -1.31. The van der Waals surface area contributed by atoms with Crippen LogP contribution < -0.4 is 10.6 Å². The number of rotatable bonds is 7. The van der Waals surface area contributed by atoms with Crippen LogP contribution in [0.15, 0.2) is 84.9 Å². The van der Waals surface area contributed by atoms with Crippen molar-refractivity contribution in [3.8, 4) is 0 Å². The predicted molar refractivity (Wildman–Crippen MR) is 119 cm³/mol. The van der Waals surface area contributed by atoms with Crippen LogP contribution in [0, 0.1) is 0 Å².